The summed E-state index contributed by atoms with van der Waals surface area (Å²) < 4.78 is 1.76. The van der Waals surface area contributed by atoms with Crippen LogP contribution in [0, 0.1) is 19.8 Å². The first-order valence-corrected chi connectivity index (χ1v) is 20.4. The van der Waals surface area contributed by atoms with Gasteiger partial charge in [-0.2, -0.15) is 10.1 Å². The molecule has 0 spiro atoms. The highest BCUT2D eigenvalue weighted by atomic mass is 16.2. The molecule has 0 saturated carbocycles. The maximum Gasteiger partial charge on any atom is 0.262 e. The Labute approximate surface area is 342 Å². The van der Waals surface area contributed by atoms with Crippen molar-refractivity contribution in [3.8, 4) is 0 Å². The molecule has 304 valence electrons. The number of hydrogen-bond donors (Lipinski definition) is 3. The van der Waals surface area contributed by atoms with Gasteiger partial charge in [-0.15, -0.1) is 0 Å². The van der Waals surface area contributed by atoms with Crippen molar-refractivity contribution < 1.29 is 19.2 Å². The largest absolute Gasteiger partial charge is 0.371 e. The number of para-hydroxylation sites is 1. The summed E-state index contributed by atoms with van der Waals surface area (Å²) >= 11 is 0. The van der Waals surface area contributed by atoms with Crippen LogP contribution in [0.4, 0.5) is 34.6 Å². The highest BCUT2D eigenvalue weighted by molar-refractivity contribution is 6.23. The first-order valence-electron chi connectivity index (χ1n) is 20.4. The molecule has 4 amide bonds. The molecule has 3 aromatic heterocycles. The number of hydrogen-bond acceptors (Lipinski definition) is 13. The Balaban J connectivity index is 0.727. The summed E-state index contributed by atoms with van der Waals surface area (Å²) in [7, 11) is 1.88. The summed E-state index contributed by atoms with van der Waals surface area (Å²) in [5.41, 5.74) is 6.41. The molecule has 9 rings (SSSR count). The third kappa shape index (κ3) is 7.55. The predicted molar refractivity (Wildman–Crippen MR) is 224 cm³/mol. The van der Waals surface area contributed by atoms with Gasteiger partial charge in [-0.05, 0) is 93.5 Å². The van der Waals surface area contributed by atoms with Crippen molar-refractivity contribution >= 4 is 69.3 Å². The molecule has 3 saturated heterocycles. The molecule has 1 unspecified atom stereocenters. The number of fused-ring (bicyclic) bond motifs is 2. The first kappa shape index (κ1) is 38.1. The van der Waals surface area contributed by atoms with Crippen LogP contribution in [-0.4, -0.2) is 110 Å². The lowest BCUT2D eigenvalue weighted by atomic mass is 9.92. The second-order valence-corrected chi connectivity index (χ2v) is 16.0. The van der Waals surface area contributed by atoms with Crippen molar-refractivity contribution in [3.63, 3.8) is 0 Å². The minimum atomic E-state index is -0.960. The quantitative estimate of drug-likeness (QED) is 0.166. The number of benzene rings is 2. The maximum atomic E-state index is 13.3. The Morgan fingerprint density at radius 3 is 2.29 bits per heavy atom. The van der Waals surface area contributed by atoms with Gasteiger partial charge in [0.05, 0.1) is 28.4 Å². The van der Waals surface area contributed by atoms with Gasteiger partial charge < -0.3 is 20.4 Å². The fraction of sp³-hybridized carbons (Fsp3) is 0.395. The van der Waals surface area contributed by atoms with Crippen molar-refractivity contribution in [2.75, 3.05) is 66.2 Å². The molecule has 16 nitrogen and oxygen atoms in total. The number of imide groups is 2. The molecule has 7 heterocycles. The topological polar surface area (TPSA) is 174 Å². The number of carbonyl (C=O) groups excluding carboxylic acids is 4. The van der Waals surface area contributed by atoms with E-state index in [4.69, 9.17) is 9.97 Å². The molecule has 5 aromatic rings. The van der Waals surface area contributed by atoms with Gasteiger partial charge in [0.25, 0.3) is 11.8 Å². The van der Waals surface area contributed by atoms with Crippen LogP contribution < -0.4 is 25.8 Å². The van der Waals surface area contributed by atoms with Crippen LogP contribution in [0.2, 0.25) is 0 Å². The van der Waals surface area contributed by atoms with Crippen molar-refractivity contribution in [1.29, 1.82) is 0 Å². The lowest BCUT2D eigenvalue weighted by Gasteiger charge is -2.37. The standard InChI is InChI=1S/C43H48N12O4/c1-26-5-4-6-27(2)37(26)48-38-33-25-45-43(49-39(33)51(3)50-38)46-29-7-11-35(44-24-29)54-21-19-52(20-22-54)16-13-28-14-17-53(18-15-28)30-8-9-31-32(23-30)42(59)55(41(31)58)34-10-12-36(56)47-40(34)57/h4-9,11,23-25,28,34H,10,12-22H2,1-3H3,(H,48,50)(H,45,46,49)(H,47,56,57). The first-order chi connectivity index (χ1) is 28.6. The number of carbonyl (C=O) groups is 4. The summed E-state index contributed by atoms with van der Waals surface area (Å²) in [5.74, 6) is 0.844. The van der Waals surface area contributed by atoms with Gasteiger partial charge in [-0.3, -0.25) is 34.3 Å². The molecular formula is C43H48N12O4. The van der Waals surface area contributed by atoms with E-state index in [2.05, 4.69) is 66.7 Å². The van der Waals surface area contributed by atoms with Crippen LogP contribution in [0.15, 0.2) is 60.9 Å². The number of aromatic nitrogens is 5. The fourth-order valence-corrected chi connectivity index (χ4v) is 8.80. The highest BCUT2D eigenvalue weighted by Gasteiger charge is 2.45. The van der Waals surface area contributed by atoms with Crippen molar-refractivity contribution in [2.24, 2.45) is 13.0 Å². The zero-order valence-electron chi connectivity index (χ0n) is 33.6. The number of nitrogens with one attached hydrogen (secondary N) is 3. The van der Waals surface area contributed by atoms with Crippen LogP contribution in [0.3, 0.4) is 0 Å². The third-order valence-electron chi connectivity index (χ3n) is 12.3. The van der Waals surface area contributed by atoms with Crippen LogP contribution in [0.5, 0.6) is 0 Å². The van der Waals surface area contributed by atoms with E-state index in [9.17, 15) is 19.2 Å². The van der Waals surface area contributed by atoms with E-state index >= 15 is 0 Å². The fourth-order valence-electron chi connectivity index (χ4n) is 8.80. The molecule has 0 bridgehead atoms. The Bertz CT molecular complexity index is 2430. The van der Waals surface area contributed by atoms with E-state index in [1.807, 2.05) is 37.5 Å². The lowest BCUT2D eigenvalue weighted by Crippen LogP contribution is -2.54. The van der Waals surface area contributed by atoms with Gasteiger partial charge in [0.2, 0.25) is 17.8 Å². The molecule has 0 radical (unpaired) electrons. The Kier molecular flexibility index (Phi) is 10.2. The second kappa shape index (κ2) is 15.7. The summed E-state index contributed by atoms with van der Waals surface area (Å²) in [6.45, 7) is 10.8. The number of aryl methyl sites for hydroxylation is 3. The van der Waals surface area contributed by atoms with E-state index in [1.165, 1.54) is 0 Å². The molecule has 3 N–H and O–H groups in total. The van der Waals surface area contributed by atoms with Crippen molar-refractivity contribution in [1.82, 2.24) is 39.8 Å². The molecular weight excluding hydrogens is 749 g/mol. The third-order valence-corrected chi connectivity index (χ3v) is 12.3. The minimum absolute atomic E-state index is 0.101. The van der Waals surface area contributed by atoms with Crippen LogP contribution >= 0.6 is 0 Å². The number of anilines is 6. The predicted octanol–water partition coefficient (Wildman–Crippen LogP) is 4.69. The van der Waals surface area contributed by atoms with Crippen LogP contribution in [0.25, 0.3) is 11.0 Å². The Morgan fingerprint density at radius 2 is 1.56 bits per heavy atom. The monoisotopic (exact) mass is 796 g/mol. The van der Waals surface area contributed by atoms with Crippen LogP contribution in [-0.2, 0) is 16.6 Å². The average Bonchev–Trinajstić information content (AvgIpc) is 3.69. The number of amides is 4. The number of nitrogens with zero attached hydrogens (tertiary/aromatic N) is 9. The van der Waals surface area contributed by atoms with Gasteiger partial charge in [0.15, 0.2) is 11.5 Å². The van der Waals surface area contributed by atoms with Gasteiger partial charge in [0, 0.05) is 70.3 Å². The van der Waals surface area contributed by atoms with Crippen molar-refractivity contribution in [2.45, 2.75) is 52.0 Å². The maximum absolute atomic E-state index is 13.3. The Hall–Kier alpha value is -6.42. The summed E-state index contributed by atoms with van der Waals surface area (Å²) in [4.78, 5) is 72.8. The molecule has 4 aliphatic rings. The Morgan fingerprint density at radius 1 is 0.797 bits per heavy atom. The van der Waals surface area contributed by atoms with E-state index in [-0.39, 0.29) is 18.7 Å². The van der Waals surface area contributed by atoms with Gasteiger partial charge in [-0.25, -0.2) is 14.6 Å². The molecule has 59 heavy (non-hydrogen) atoms. The zero-order chi connectivity index (χ0) is 40.8. The SMILES string of the molecule is Cc1cccc(C)c1Nc1nn(C)c2nc(Nc3ccc(N4CCN(CCC5CCN(c6ccc7c(c6)C(=O)N(C6CCC(=O)NC6=O)C7=O)CC5)CC4)nc3)ncc12. The summed E-state index contributed by atoms with van der Waals surface area (Å²) in [5, 5.41) is 14.6. The highest BCUT2D eigenvalue weighted by Crippen LogP contribution is 2.33. The molecule has 1 atom stereocenters. The zero-order valence-corrected chi connectivity index (χ0v) is 33.6. The molecule has 4 aliphatic heterocycles. The van der Waals surface area contributed by atoms with Gasteiger partial charge in [-0.1, -0.05) is 18.2 Å². The van der Waals surface area contributed by atoms with Crippen molar-refractivity contribution in [3.05, 3.63) is 83.2 Å². The minimum Gasteiger partial charge on any atom is -0.371 e. The lowest BCUT2D eigenvalue weighted by molar-refractivity contribution is -0.136. The molecule has 0 aliphatic carbocycles. The molecule has 16 heteroatoms. The van der Waals surface area contributed by atoms with E-state index in [1.54, 1.807) is 23.0 Å². The smallest absolute Gasteiger partial charge is 0.262 e. The summed E-state index contributed by atoms with van der Waals surface area (Å²) in [6, 6.07) is 14.7. The van der Waals surface area contributed by atoms with Crippen LogP contribution in [0.1, 0.15) is 63.9 Å². The summed E-state index contributed by atoms with van der Waals surface area (Å²) in [6.07, 6.45) is 7.13. The molecule has 3 fully saturated rings. The number of rotatable bonds is 10. The van der Waals surface area contributed by atoms with Gasteiger partial charge >= 0.3 is 0 Å². The number of piperidine rings is 2. The van der Waals surface area contributed by atoms with E-state index < -0.39 is 23.8 Å². The molecule has 2 aromatic carbocycles. The average molecular weight is 797 g/mol. The van der Waals surface area contributed by atoms with E-state index in [0.29, 0.717) is 23.0 Å². The van der Waals surface area contributed by atoms with Gasteiger partial charge in [0.1, 0.15) is 11.9 Å². The number of piperazine rings is 1. The number of pyridine rings is 1. The normalized spacial score (nSPS) is 19.1. The van der Waals surface area contributed by atoms with E-state index in [0.717, 1.165) is 121 Å². The second-order valence-electron chi connectivity index (χ2n) is 16.0.